The van der Waals surface area contributed by atoms with Crippen molar-refractivity contribution in [1.29, 1.82) is 5.41 Å². The molecule has 7 N–H and O–H groups in total. The Morgan fingerprint density at radius 3 is 2.28 bits per heavy atom. The summed E-state index contributed by atoms with van der Waals surface area (Å²) >= 11 is 0. The van der Waals surface area contributed by atoms with Gasteiger partial charge in [-0.1, -0.05) is 6.07 Å². The van der Waals surface area contributed by atoms with E-state index in [4.69, 9.17) is 25.7 Å². The number of aliphatic hydroxyl groups excluding tert-OH is 1. The Labute approximate surface area is 250 Å². The molecular weight excluding hydrogens is 554 g/mol. The summed E-state index contributed by atoms with van der Waals surface area (Å²) in [7, 11) is 3.26. The lowest BCUT2D eigenvalue weighted by Gasteiger charge is -2.22. The minimum Gasteiger partial charge on any atom is -0.490 e. The first-order valence-electron chi connectivity index (χ1n) is 13.4. The summed E-state index contributed by atoms with van der Waals surface area (Å²) in [6, 6.07) is 12.3. The summed E-state index contributed by atoms with van der Waals surface area (Å²) in [5.74, 6) is -0.713. The Morgan fingerprint density at radius 2 is 1.70 bits per heavy atom. The minimum absolute atomic E-state index is 0.0843. The number of nitrogen functional groups attached to an aromatic ring is 1. The van der Waals surface area contributed by atoms with Gasteiger partial charge in [-0.25, -0.2) is 0 Å². The summed E-state index contributed by atoms with van der Waals surface area (Å²) < 4.78 is 11.4. The van der Waals surface area contributed by atoms with Gasteiger partial charge in [0.05, 0.1) is 12.2 Å². The molecule has 0 fully saturated rings. The van der Waals surface area contributed by atoms with Crippen LogP contribution in [0.4, 0.5) is 5.69 Å². The largest absolute Gasteiger partial charge is 0.490 e. The predicted octanol–water partition coefficient (Wildman–Crippen LogP) is 2.15. The number of rotatable bonds is 11. The van der Waals surface area contributed by atoms with E-state index in [0.29, 0.717) is 46.0 Å². The number of carbonyl (C=O) groups excluding carboxylic acids is 3. The summed E-state index contributed by atoms with van der Waals surface area (Å²) in [6.45, 7) is 5.63. The van der Waals surface area contributed by atoms with Crippen molar-refractivity contribution >= 4 is 29.2 Å². The van der Waals surface area contributed by atoms with Crippen molar-refractivity contribution in [3.63, 3.8) is 0 Å². The minimum atomic E-state index is -0.991. The van der Waals surface area contributed by atoms with Crippen molar-refractivity contribution in [3.8, 4) is 11.5 Å². The Kier molecular flexibility index (Phi) is 13.4. The quantitative estimate of drug-likeness (QED) is 0.110. The number of hydrogen-bond donors (Lipinski definition) is 6. The summed E-state index contributed by atoms with van der Waals surface area (Å²) in [5.41, 5.74) is 13.1. The van der Waals surface area contributed by atoms with Gasteiger partial charge in [-0.2, -0.15) is 0 Å². The molecule has 2 aromatic carbocycles. The highest BCUT2D eigenvalue weighted by Gasteiger charge is 2.24. The molecule has 0 radical (unpaired) electrons. The van der Waals surface area contributed by atoms with Crippen LogP contribution in [0.15, 0.2) is 60.9 Å². The maximum absolute atomic E-state index is 13.4. The van der Waals surface area contributed by atoms with Crippen molar-refractivity contribution in [2.24, 2.45) is 5.73 Å². The van der Waals surface area contributed by atoms with Crippen molar-refractivity contribution in [2.75, 3.05) is 39.2 Å². The third-order valence-electron chi connectivity index (χ3n) is 5.80. The SMILES string of the molecule is CCO.CCOc1cc(C(Nc2ccc(C(=N)N)cc2)C(=O)NNC(=O)c2cnccc2C)ccc1OCC(=O)N(C)C. The number of hydrogen-bond acceptors (Lipinski definition) is 9. The zero-order valence-corrected chi connectivity index (χ0v) is 24.9. The molecular formula is C30H39N7O6. The Hall–Kier alpha value is -5.17. The lowest BCUT2D eigenvalue weighted by molar-refractivity contribution is -0.130. The average molecular weight is 594 g/mol. The first kappa shape index (κ1) is 34.0. The molecule has 0 saturated heterocycles. The number of likely N-dealkylation sites (N-methyl/N-ethyl adjacent to an activating group) is 1. The van der Waals surface area contributed by atoms with Gasteiger partial charge in [-0.05, 0) is 74.4 Å². The van der Waals surface area contributed by atoms with Gasteiger partial charge in [-0.15, -0.1) is 0 Å². The lowest BCUT2D eigenvalue weighted by atomic mass is 10.0. The van der Waals surface area contributed by atoms with Crippen LogP contribution in [-0.4, -0.2) is 72.5 Å². The van der Waals surface area contributed by atoms with E-state index in [2.05, 4.69) is 21.2 Å². The molecule has 3 aromatic rings. The Balaban J connectivity index is 0.00000206. The third-order valence-corrected chi connectivity index (χ3v) is 5.80. The van der Waals surface area contributed by atoms with Crippen LogP contribution >= 0.6 is 0 Å². The molecule has 13 nitrogen and oxygen atoms in total. The van der Waals surface area contributed by atoms with Gasteiger partial charge in [0.2, 0.25) is 0 Å². The molecule has 0 aliphatic rings. The van der Waals surface area contributed by atoms with Gasteiger partial charge in [0.25, 0.3) is 17.7 Å². The van der Waals surface area contributed by atoms with E-state index < -0.39 is 17.9 Å². The van der Waals surface area contributed by atoms with E-state index in [9.17, 15) is 14.4 Å². The monoisotopic (exact) mass is 593 g/mol. The summed E-state index contributed by atoms with van der Waals surface area (Å²) in [5, 5.41) is 18.3. The van der Waals surface area contributed by atoms with Gasteiger partial charge in [0.1, 0.15) is 11.9 Å². The number of carbonyl (C=O) groups is 3. The number of nitrogens with zero attached hydrogens (tertiary/aromatic N) is 2. The van der Waals surface area contributed by atoms with Crippen LogP contribution in [0, 0.1) is 12.3 Å². The number of amides is 3. The number of anilines is 1. The molecule has 0 bridgehead atoms. The van der Waals surface area contributed by atoms with Crippen LogP contribution in [-0.2, 0) is 9.59 Å². The second kappa shape index (κ2) is 16.9. The number of benzene rings is 2. The normalized spacial score (nSPS) is 10.7. The fraction of sp³-hybridized carbons (Fsp3) is 0.300. The molecule has 0 saturated carbocycles. The highest BCUT2D eigenvalue weighted by atomic mass is 16.5. The van der Waals surface area contributed by atoms with E-state index in [1.165, 1.54) is 11.1 Å². The number of ether oxygens (including phenoxy) is 2. The van der Waals surface area contributed by atoms with E-state index in [-0.39, 0.29) is 25.0 Å². The molecule has 43 heavy (non-hydrogen) atoms. The van der Waals surface area contributed by atoms with Gasteiger partial charge < -0.3 is 30.5 Å². The topological polar surface area (TPSA) is 192 Å². The number of aryl methyl sites for hydroxylation is 1. The number of aliphatic hydroxyl groups is 1. The number of nitrogens with two attached hydrogens (primary N) is 1. The first-order valence-corrected chi connectivity index (χ1v) is 13.4. The number of nitrogens with one attached hydrogen (secondary N) is 4. The van der Waals surface area contributed by atoms with Crippen LogP contribution in [0.1, 0.15) is 46.9 Å². The second-order valence-electron chi connectivity index (χ2n) is 9.23. The highest BCUT2D eigenvalue weighted by Crippen LogP contribution is 2.32. The van der Waals surface area contributed by atoms with Gasteiger partial charge in [0.15, 0.2) is 18.1 Å². The van der Waals surface area contributed by atoms with E-state index >= 15 is 0 Å². The lowest BCUT2D eigenvalue weighted by Crippen LogP contribution is -2.45. The zero-order valence-electron chi connectivity index (χ0n) is 24.9. The van der Waals surface area contributed by atoms with Crippen LogP contribution < -0.4 is 31.4 Å². The molecule has 0 aliphatic carbocycles. The molecule has 230 valence electrons. The first-order chi connectivity index (χ1) is 20.5. The van der Waals surface area contributed by atoms with Crippen molar-refractivity contribution < 1.29 is 29.0 Å². The smallest absolute Gasteiger partial charge is 0.271 e. The van der Waals surface area contributed by atoms with E-state index in [1.54, 1.807) is 89.6 Å². The van der Waals surface area contributed by atoms with Crippen LogP contribution in [0.2, 0.25) is 0 Å². The third kappa shape index (κ3) is 10.3. The number of pyridine rings is 1. The molecule has 1 unspecified atom stereocenters. The molecule has 1 atom stereocenters. The Bertz CT molecular complexity index is 1400. The Morgan fingerprint density at radius 1 is 1.02 bits per heavy atom. The molecule has 0 aliphatic heterocycles. The number of amidine groups is 1. The molecule has 3 amide bonds. The van der Waals surface area contributed by atoms with Gasteiger partial charge >= 0.3 is 0 Å². The van der Waals surface area contributed by atoms with E-state index in [1.807, 2.05) is 0 Å². The number of aromatic nitrogens is 1. The second-order valence-corrected chi connectivity index (χ2v) is 9.23. The summed E-state index contributed by atoms with van der Waals surface area (Å²) in [4.78, 5) is 43.5. The predicted molar refractivity (Wildman–Crippen MR) is 163 cm³/mol. The summed E-state index contributed by atoms with van der Waals surface area (Å²) in [6.07, 6.45) is 2.99. The fourth-order valence-electron chi connectivity index (χ4n) is 3.53. The van der Waals surface area contributed by atoms with Crippen LogP contribution in [0.5, 0.6) is 11.5 Å². The van der Waals surface area contributed by atoms with Gasteiger partial charge in [-0.3, -0.25) is 35.6 Å². The molecule has 0 spiro atoms. The standard InChI is InChI=1S/C28H33N7O5.C2H6O/c1-5-39-23-14-19(8-11-22(23)40-16-24(36)35(3)4)25(32-20-9-6-18(7-10-20)26(29)30)28(38)34-33-27(37)21-15-31-13-12-17(21)2;1-2-3/h6-15,25,32H,5,16H2,1-4H3,(H3,29,30)(H,33,37)(H,34,38);3H,2H2,1H3. The highest BCUT2D eigenvalue weighted by molar-refractivity contribution is 5.97. The maximum atomic E-state index is 13.4. The van der Waals surface area contributed by atoms with Crippen LogP contribution in [0.3, 0.4) is 0 Å². The fourth-order valence-corrected chi connectivity index (χ4v) is 3.53. The zero-order chi connectivity index (χ0) is 31.9. The molecule has 3 rings (SSSR count). The molecule has 1 heterocycles. The molecule has 13 heteroatoms. The average Bonchev–Trinajstić information content (AvgIpc) is 2.98. The number of hydrazine groups is 1. The van der Waals surface area contributed by atoms with Crippen molar-refractivity contribution in [3.05, 3.63) is 83.2 Å². The maximum Gasteiger partial charge on any atom is 0.271 e. The van der Waals surface area contributed by atoms with Crippen molar-refractivity contribution in [2.45, 2.75) is 26.8 Å². The van der Waals surface area contributed by atoms with Crippen molar-refractivity contribution in [1.82, 2.24) is 20.7 Å². The van der Waals surface area contributed by atoms with Gasteiger partial charge in [0, 0.05) is 44.3 Å². The van der Waals surface area contributed by atoms with E-state index in [0.717, 1.165) is 0 Å². The van der Waals surface area contributed by atoms with Crippen LogP contribution in [0.25, 0.3) is 0 Å². The molecule has 1 aromatic heterocycles.